The van der Waals surface area contributed by atoms with Crippen LogP contribution in [0, 0.1) is 0 Å². The summed E-state index contributed by atoms with van der Waals surface area (Å²) in [5.74, 6) is 0.926. The lowest BCUT2D eigenvalue weighted by Crippen LogP contribution is -2.28. The van der Waals surface area contributed by atoms with Gasteiger partial charge in [0.1, 0.15) is 0 Å². The summed E-state index contributed by atoms with van der Waals surface area (Å²) in [5, 5.41) is 12.7. The van der Waals surface area contributed by atoms with Crippen molar-refractivity contribution in [3.63, 3.8) is 0 Å². The van der Waals surface area contributed by atoms with Crippen LogP contribution in [0.3, 0.4) is 0 Å². The minimum absolute atomic E-state index is 0.0116. The van der Waals surface area contributed by atoms with Gasteiger partial charge in [0, 0.05) is 12.2 Å². The van der Waals surface area contributed by atoms with E-state index in [4.69, 9.17) is 9.47 Å². The third-order valence-electron chi connectivity index (χ3n) is 3.86. The molecule has 1 unspecified atom stereocenters. The van der Waals surface area contributed by atoms with Crippen LogP contribution in [-0.2, 0) is 14.8 Å². The largest absolute Gasteiger partial charge is 0.493 e. The molecule has 0 aliphatic carbocycles. The fourth-order valence-electron chi connectivity index (χ4n) is 2.34. The molecule has 0 saturated carbocycles. The molecule has 0 saturated heterocycles. The maximum Gasteiger partial charge on any atom is 0.411 e. The average molecular weight is 410 g/mol. The highest BCUT2D eigenvalue weighted by atomic mass is 32.2. The molecule has 0 bridgehead atoms. The molecule has 152 valence electrons. The SMILES string of the molecule is COC(=O)Nc1ccc(S(=O)(=O)NCC(O)c2ccc(OC)c(OC)c2)cc1. The second-order valence-electron chi connectivity index (χ2n) is 5.62. The molecule has 0 aliphatic rings. The van der Waals surface area contributed by atoms with Crippen LogP contribution in [0.25, 0.3) is 0 Å². The van der Waals surface area contributed by atoms with Gasteiger partial charge in [-0.3, -0.25) is 5.32 Å². The quantitative estimate of drug-likeness (QED) is 0.607. The standard InChI is InChI=1S/C18H22N2O7S/c1-25-16-9-4-12(10-17(16)26-2)15(21)11-19-28(23,24)14-7-5-13(6-8-14)20-18(22)27-3/h4-10,15,19,21H,11H2,1-3H3,(H,20,22). The average Bonchev–Trinajstić information content (AvgIpc) is 2.71. The molecular formula is C18H22N2O7S. The molecule has 2 aromatic carbocycles. The monoisotopic (exact) mass is 410 g/mol. The van der Waals surface area contributed by atoms with E-state index >= 15 is 0 Å². The Balaban J connectivity index is 2.05. The first-order chi connectivity index (χ1) is 13.3. The van der Waals surface area contributed by atoms with Crippen LogP contribution >= 0.6 is 0 Å². The number of amides is 1. The molecule has 0 aliphatic heterocycles. The zero-order valence-corrected chi connectivity index (χ0v) is 16.4. The van der Waals surface area contributed by atoms with Gasteiger partial charge in [-0.05, 0) is 42.0 Å². The van der Waals surface area contributed by atoms with Crippen LogP contribution < -0.4 is 19.5 Å². The Hall–Kier alpha value is -2.82. The van der Waals surface area contributed by atoms with Gasteiger partial charge in [-0.2, -0.15) is 0 Å². The number of sulfonamides is 1. The number of anilines is 1. The molecule has 3 N–H and O–H groups in total. The molecular weight excluding hydrogens is 388 g/mol. The molecule has 0 aromatic heterocycles. The lowest BCUT2D eigenvalue weighted by Gasteiger charge is -2.15. The summed E-state index contributed by atoms with van der Waals surface area (Å²) in [6.45, 7) is -0.236. The van der Waals surface area contributed by atoms with Crippen LogP contribution in [0.5, 0.6) is 11.5 Å². The molecule has 1 atom stereocenters. The molecule has 2 rings (SSSR count). The van der Waals surface area contributed by atoms with Gasteiger partial charge in [-0.1, -0.05) is 6.07 Å². The van der Waals surface area contributed by atoms with Gasteiger partial charge in [-0.25, -0.2) is 17.9 Å². The first-order valence-corrected chi connectivity index (χ1v) is 9.63. The van der Waals surface area contributed by atoms with Gasteiger partial charge < -0.3 is 19.3 Å². The van der Waals surface area contributed by atoms with Crippen molar-refractivity contribution >= 4 is 21.8 Å². The maximum absolute atomic E-state index is 12.4. The number of carbonyl (C=O) groups excluding carboxylic acids is 1. The second-order valence-corrected chi connectivity index (χ2v) is 7.39. The zero-order chi connectivity index (χ0) is 20.7. The van der Waals surface area contributed by atoms with Crippen molar-refractivity contribution in [3.05, 3.63) is 48.0 Å². The number of aliphatic hydroxyl groups is 1. The normalized spacial score (nSPS) is 12.1. The summed E-state index contributed by atoms with van der Waals surface area (Å²) in [4.78, 5) is 11.1. The Bertz CT molecular complexity index is 914. The Morgan fingerprint density at radius 3 is 2.25 bits per heavy atom. The molecule has 1 amide bonds. The van der Waals surface area contributed by atoms with E-state index in [9.17, 15) is 18.3 Å². The molecule has 2 aromatic rings. The summed E-state index contributed by atoms with van der Waals surface area (Å²) >= 11 is 0. The van der Waals surface area contributed by atoms with Crippen LogP contribution in [0.1, 0.15) is 11.7 Å². The van der Waals surface area contributed by atoms with Crippen LogP contribution in [0.4, 0.5) is 10.5 Å². The highest BCUT2D eigenvalue weighted by molar-refractivity contribution is 7.89. The van der Waals surface area contributed by atoms with Crippen molar-refractivity contribution in [2.75, 3.05) is 33.2 Å². The smallest absolute Gasteiger partial charge is 0.411 e. The summed E-state index contributed by atoms with van der Waals surface area (Å²) in [6.07, 6.45) is -1.75. The predicted octanol–water partition coefficient (Wildman–Crippen LogP) is 1.89. The summed E-state index contributed by atoms with van der Waals surface area (Å²) in [6, 6.07) is 10.3. The zero-order valence-electron chi connectivity index (χ0n) is 15.6. The minimum Gasteiger partial charge on any atom is -0.493 e. The number of methoxy groups -OCH3 is 3. The number of hydrogen-bond acceptors (Lipinski definition) is 7. The van der Waals surface area contributed by atoms with Crippen molar-refractivity contribution in [1.29, 1.82) is 0 Å². The van der Waals surface area contributed by atoms with E-state index in [2.05, 4.69) is 14.8 Å². The van der Waals surface area contributed by atoms with Gasteiger partial charge in [0.2, 0.25) is 10.0 Å². The number of aliphatic hydroxyl groups excluding tert-OH is 1. The van der Waals surface area contributed by atoms with Crippen molar-refractivity contribution in [2.45, 2.75) is 11.0 Å². The third kappa shape index (κ3) is 5.35. The Labute approximate surface area is 163 Å². The van der Waals surface area contributed by atoms with E-state index in [1.807, 2.05) is 0 Å². The first-order valence-electron chi connectivity index (χ1n) is 8.15. The predicted molar refractivity (Wildman–Crippen MR) is 102 cm³/mol. The van der Waals surface area contributed by atoms with Gasteiger partial charge in [0.05, 0.1) is 32.3 Å². The van der Waals surface area contributed by atoms with E-state index < -0.39 is 22.2 Å². The van der Waals surface area contributed by atoms with E-state index in [-0.39, 0.29) is 11.4 Å². The van der Waals surface area contributed by atoms with E-state index in [1.165, 1.54) is 45.6 Å². The van der Waals surface area contributed by atoms with E-state index in [1.54, 1.807) is 18.2 Å². The van der Waals surface area contributed by atoms with Crippen LogP contribution in [-0.4, -0.2) is 47.5 Å². The number of carbonyl (C=O) groups is 1. The van der Waals surface area contributed by atoms with Gasteiger partial charge in [0.15, 0.2) is 11.5 Å². The highest BCUT2D eigenvalue weighted by Crippen LogP contribution is 2.30. The lowest BCUT2D eigenvalue weighted by atomic mass is 10.1. The van der Waals surface area contributed by atoms with Crippen molar-refractivity contribution in [1.82, 2.24) is 4.72 Å². The summed E-state index contributed by atoms with van der Waals surface area (Å²) in [7, 11) is 0.333. The molecule has 0 fully saturated rings. The van der Waals surface area contributed by atoms with Gasteiger partial charge in [0.25, 0.3) is 0 Å². The van der Waals surface area contributed by atoms with E-state index in [0.717, 1.165) is 0 Å². The first kappa shape index (κ1) is 21.5. The minimum atomic E-state index is -3.85. The number of rotatable bonds is 8. The molecule has 10 heteroatoms. The molecule has 28 heavy (non-hydrogen) atoms. The van der Waals surface area contributed by atoms with Crippen molar-refractivity contribution in [3.8, 4) is 11.5 Å². The summed E-state index contributed by atoms with van der Waals surface area (Å²) in [5.41, 5.74) is 0.856. The summed E-state index contributed by atoms with van der Waals surface area (Å²) < 4.78 is 41.9. The van der Waals surface area contributed by atoms with E-state index in [0.29, 0.717) is 22.7 Å². The molecule has 0 heterocycles. The third-order valence-corrected chi connectivity index (χ3v) is 5.29. The fraction of sp³-hybridized carbons (Fsp3) is 0.278. The number of ether oxygens (including phenoxy) is 3. The van der Waals surface area contributed by atoms with Gasteiger partial charge in [-0.15, -0.1) is 0 Å². The molecule has 0 spiro atoms. The number of nitrogens with one attached hydrogen (secondary N) is 2. The topological polar surface area (TPSA) is 123 Å². The second kappa shape index (κ2) is 9.40. The van der Waals surface area contributed by atoms with Crippen LogP contribution in [0.2, 0.25) is 0 Å². The van der Waals surface area contributed by atoms with Crippen molar-refractivity contribution < 1.29 is 32.5 Å². The Kier molecular flexibility index (Phi) is 7.21. The maximum atomic E-state index is 12.4. The lowest BCUT2D eigenvalue weighted by molar-refractivity contribution is 0.181. The van der Waals surface area contributed by atoms with Crippen molar-refractivity contribution in [2.24, 2.45) is 0 Å². The number of benzene rings is 2. The van der Waals surface area contributed by atoms with Gasteiger partial charge >= 0.3 is 6.09 Å². The Morgan fingerprint density at radius 2 is 1.68 bits per heavy atom. The molecule has 0 radical (unpaired) electrons. The molecule has 9 nitrogen and oxygen atoms in total. The fourth-order valence-corrected chi connectivity index (χ4v) is 3.37. The van der Waals surface area contributed by atoms with Crippen LogP contribution in [0.15, 0.2) is 47.4 Å². The highest BCUT2D eigenvalue weighted by Gasteiger charge is 2.18. The number of hydrogen-bond donors (Lipinski definition) is 3. The Morgan fingerprint density at radius 1 is 1.04 bits per heavy atom.